The highest BCUT2D eigenvalue weighted by Crippen LogP contribution is 2.35. The van der Waals surface area contributed by atoms with Crippen molar-refractivity contribution in [2.45, 2.75) is 44.2 Å². The Hall–Kier alpha value is -0.870. The van der Waals surface area contributed by atoms with Crippen molar-refractivity contribution in [3.8, 4) is 0 Å². The van der Waals surface area contributed by atoms with Gasteiger partial charge >= 0.3 is 0 Å². The Labute approximate surface area is 122 Å². The second-order valence-corrected chi connectivity index (χ2v) is 6.32. The molecule has 2 atom stereocenters. The first-order chi connectivity index (χ1) is 9.24. The Morgan fingerprint density at radius 2 is 2.32 bits per heavy atom. The Bertz CT molecular complexity index is 483. The zero-order valence-electron chi connectivity index (χ0n) is 10.9. The largest absolute Gasteiger partial charge is 0.349 e. The van der Waals surface area contributed by atoms with Crippen LogP contribution < -0.4 is 10.6 Å². The highest BCUT2D eigenvalue weighted by molar-refractivity contribution is 9.10. The molecule has 2 unspecified atom stereocenters. The summed E-state index contributed by atoms with van der Waals surface area (Å²) in [4.78, 5) is 12.1. The van der Waals surface area contributed by atoms with Crippen molar-refractivity contribution in [2.24, 2.45) is 0 Å². The Kier molecular flexibility index (Phi) is 3.89. The molecule has 3 nitrogen and oxygen atoms in total. The fourth-order valence-electron chi connectivity index (χ4n) is 3.17. The van der Waals surface area contributed by atoms with Gasteiger partial charge in [0.1, 0.15) is 0 Å². The number of hydrogen-bond acceptors (Lipinski definition) is 2. The van der Waals surface area contributed by atoms with Crippen LogP contribution in [0.5, 0.6) is 0 Å². The number of halogens is 1. The van der Waals surface area contributed by atoms with Gasteiger partial charge in [-0.05, 0) is 49.4 Å². The van der Waals surface area contributed by atoms with Crippen molar-refractivity contribution in [3.05, 3.63) is 33.8 Å². The lowest BCUT2D eigenvalue weighted by Gasteiger charge is -2.16. The molecule has 3 rings (SSSR count). The second kappa shape index (κ2) is 5.63. The summed E-state index contributed by atoms with van der Waals surface area (Å²) in [5.74, 6) is 0.178. The molecule has 102 valence electrons. The van der Waals surface area contributed by atoms with Crippen LogP contribution in [-0.2, 0) is 11.2 Å². The van der Waals surface area contributed by atoms with Crippen LogP contribution in [0, 0.1) is 0 Å². The molecule has 1 fully saturated rings. The number of rotatable bonds is 3. The smallest absolute Gasteiger partial charge is 0.222 e. The van der Waals surface area contributed by atoms with E-state index in [-0.39, 0.29) is 11.9 Å². The van der Waals surface area contributed by atoms with E-state index in [1.165, 1.54) is 22.0 Å². The van der Waals surface area contributed by atoms with Crippen molar-refractivity contribution in [1.82, 2.24) is 10.6 Å². The number of hydrogen-bond donors (Lipinski definition) is 2. The van der Waals surface area contributed by atoms with Gasteiger partial charge in [-0.2, -0.15) is 0 Å². The van der Waals surface area contributed by atoms with E-state index in [4.69, 9.17) is 0 Å². The van der Waals surface area contributed by atoms with E-state index in [1.807, 2.05) is 6.07 Å². The third-order valence-electron chi connectivity index (χ3n) is 4.14. The number of nitrogens with one attached hydrogen (secondary N) is 2. The molecule has 1 heterocycles. The summed E-state index contributed by atoms with van der Waals surface area (Å²) in [6.45, 7) is 1.05. The zero-order chi connectivity index (χ0) is 13.2. The van der Waals surface area contributed by atoms with E-state index in [0.717, 1.165) is 25.8 Å². The molecular weight excluding hydrogens is 304 g/mol. The second-order valence-electron chi connectivity index (χ2n) is 5.46. The quantitative estimate of drug-likeness (QED) is 0.898. The van der Waals surface area contributed by atoms with E-state index in [2.05, 4.69) is 38.7 Å². The maximum absolute atomic E-state index is 12.1. The van der Waals surface area contributed by atoms with Gasteiger partial charge in [0.2, 0.25) is 5.91 Å². The van der Waals surface area contributed by atoms with Gasteiger partial charge in [-0.15, -0.1) is 0 Å². The maximum atomic E-state index is 12.1. The average molecular weight is 323 g/mol. The molecule has 0 saturated carbocycles. The average Bonchev–Trinajstić information content (AvgIpc) is 3.01. The van der Waals surface area contributed by atoms with Crippen LogP contribution >= 0.6 is 15.9 Å². The standard InChI is InChI=1S/C15H19BrN2O/c16-13-5-1-4-12-11(13)6-7-14(12)18-15(19)9-10-3-2-8-17-10/h1,4-5,10,14,17H,2-3,6-9H2,(H,18,19). The summed E-state index contributed by atoms with van der Waals surface area (Å²) in [7, 11) is 0. The molecule has 1 saturated heterocycles. The number of amides is 1. The summed E-state index contributed by atoms with van der Waals surface area (Å²) in [6, 6.07) is 6.83. The first kappa shape index (κ1) is 13.1. The minimum Gasteiger partial charge on any atom is -0.349 e. The van der Waals surface area contributed by atoms with Crippen molar-refractivity contribution in [3.63, 3.8) is 0 Å². The molecule has 1 aliphatic carbocycles. The van der Waals surface area contributed by atoms with E-state index < -0.39 is 0 Å². The van der Waals surface area contributed by atoms with Crippen LogP contribution in [0.25, 0.3) is 0 Å². The van der Waals surface area contributed by atoms with Crippen LogP contribution in [0.4, 0.5) is 0 Å². The summed E-state index contributed by atoms with van der Waals surface area (Å²) in [6.07, 6.45) is 4.99. The molecule has 0 aromatic heterocycles. The Balaban J connectivity index is 1.62. The summed E-state index contributed by atoms with van der Waals surface area (Å²) in [5.41, 5.74) is 2.63. The minimum atomic E-state index is 0.178. The molecule has 1 aromatic rings. The Morgan fingerprint density at radius 1 is 1.42 bits per heavy atom. The highest BCUT2D eigenvalue weighted by Gasteiger charge is 2.26. The van der Waals surface area contributed by atoms with Crippen LogP contribution in [0.3, 0.4) is 0 Å². The summed E-state index contributed by atoms with van der Waals surface area (Å²) >= 11 is 3.59. The van der Waals surface area contributed by atoms with E-state index in [1.54, 1.807) is 0 Å². The molecule has 19 heavy (non-hydrogen) atoms. The fraction of sp³-hybridized carbons (Fsp3) is 0.533. The molecule has 2 aliphatic rings. The van der Waals surface area contributed by atoms with Crippen LogP contribution in [0.2, 0.25) is 0 Å². The number of carbonyl (C=O) groups is 1. The van der Waals surface area contributed by atoms with Gasteiger partial charge in [-0.1, -0.05) is 28.1 Å². The van der Waals surface area contributed by atoms with Crippen LogP contribution in [-0.4, -0.2) is 18.5 Å². The molecule has 0 spiro atoms. The molecular formula is C15H19BrN2O. The molecule has 0 radical (unpaired) electrons. The molecule has 1 aliphatic heterocycles. The minimum absolute atomic E-state index is 0.178. The highest BCUT2D eigenvalue weighted by atomic mass is 79.9. The number of fused-ring (bicyclic) bond motifs is 1. The normalized spacial score (nSPS) is 25.3. The van der Waals surface area contributed by atoms with E-state index >= 15 is 0 Å². The fourth-order valence-corrected chi connectivity index (χ4v) is 3.75. The lowest BCUT2D eigenvalue weighted by molar-refractivity contribution is -0.122. The van der Waals surface area contributed by atoms with Crippen molar-refractivity contribution >= 4 is 21.8 Å². The summed E-state index contributed by atoms with van der Waals surface area (Å²) in [5, 5.41) is 6.56. The third kappa shape index (κ3) is 2.84. The number of carbonyl (C=O) groups excluding carboxylic acids is 1. The zero-order valence-corrected chi connectivity index (χ0v) is 12.5. The maximum Gasteiger partial charge on any atom is 0.222 e. The van der Waals surface area contributed by atoms with Crippen molar-refractivity contribution in [2.75, 3.05) is 6.54 Å². The third-order valence-corrected chi connectivity index (χ3v) is 4.89. The van der Waals surface area contributed by atoms with Gasteiger partial charge < -0.3 is 10.6 Å². The lowest BCUT2D eigenvalue weighted by Crippen LogP contribution is -2.33. The Morgan fingerprint density at radius 3 is 3.11 bits per heavy atom. The molecule has 0 bridgehead atoms. The first-order valence-electron chi connectivity index (χ1n) is 7.04. The monoisotopic (exact) mass is 322 g/mol. The van der Waals surface area contributed by atoms with Gasteiger partial charge in [-0.3, -0.25) is 4.79 Å². The van der Waals surface area contributed by atoms with E-state index in [0.29, 0.717) is 12.5 Å². The van der Waals surface area contributed by atoms with Crippen LogP contribution in [0.1, 0.15) is 42.9 Å². The molecule has 1 amide bonds. The number of benzene rings is 1. The van der Waals surface area contributed by atoms with Crippen molar-refractivity contribution in [1.29, 1.82) is 0 Å². The molecule has 4 heteroatoms. The molecule has 2 N–H and O–H groups in total. The SMILES string of the molecule is O=C(CC1CCCN1)NC1CCc2c(Br)cccc21. The lowest BCUT2D eigenvalue weighted by atomic mass is 10.1. The molecule has 1 aromatic carbocycles. The first-order valence-corrected chi connectivity index (χ1v) is 7.83. The van der Waals surface area contributed by atoms with Gasteiger partial charge in [0.05, 0.1) is 6.04 Å². The predicted molar refractivity (Wildman–Crippen MR) is 79.0 cm³/mol. The van der Waals surface area contributed by atoms with Crippen LogP contribution in [0.15, 0.2) is 22.7 Å². The van der Waals surface area contributed by atoms with E-state index in [9.17, 15) is 4.79 Å². The topological polar surface area (TPSA) is 41.1 Å². The van der Waals surface area contributed by atoms with Gasteiger partial charge in [0.25, 0.3) is 0 Å². The summed E-state index contributed by atoms with van der Waals surface area (Å²) < 4.78 is 1.17. The van der Waals surface area contributed by atoms with Gasteiger partial charge in [-0.25, -0.2) is 0 Å². The predicted octanol–water partition coefficient (Wildman–Crippen LogP) is 2.69. The van der Waals surface area contributed by atoms with Gasteiger partial charge in [0, 0.05) is 16.9 Å². The van der Waals surface area contributed by atoms with Crippen molar-refractivity contribution < 1.29 is 4.79 Å². The van der Waals surface area contributed by atoms with Gasteiger partial charge in [0.15, 0.2) is 0 Å².